The molecule has 0 aliphatic carbocycles. The zero-order valence-corrected chi connectivity index (χ0v) is 21.9. The van der Waals surface area contributed by atoms with Crippen LogP contribution in [-0.4, -0.2) is 27.7 Å². The molecule has 0 saturated heterocycles. The molecule has 2 aromatic heterocycles. The Hall–Kier alpha value is -3.32. The Kier molecular flexibility index (Phi) is 9.32. The Bertz CT molecular complexity index is 1250. The fourth-order valence-corrected chi connectivity index (χ4v) is 4.03. The van der Waals surface area contributed by atoms with Crippen molar-refractivity contribution in [3.63, 3.8) is 0 Å². The molecule has 7 heteroatoms. The van der Waals surface area contributed by atoms with E-state index >= 15 is 0 Å². The summed E-state index contributed by atoms with van der Waals surface area (Å²) in [6.07, 6.45) is 0. The number of nitrogen functional groups attached to an aromatic ring is 1. The number of nitrogens with one attached hydrogen (secondary N) is 1. The lowest BCUT2D eigenvalue weighted by Crippen LogP contribution is -2.10. The van der Waals surface area contributed by atoms with Crippen LogP contribution >= 0.6 is 0 Å². The van der Waals surface area contributed by atoms with Gasteiger partial charge in [-0.15, -0.1) is 0 Å². The van der Waals surface area contributed by atoms with E-state index in [4.69, 9.17) is 20.2 Å². The van der Waals surface area contributed by atoms with Gasteiger partial charge in [-0.2, -0.15) is 0 Å². The topological polar surface area (TPSA) is 87.2 Å². The van der Waals surface area contributed by atoms with Crippen molar-refractivity contribution in [2.75, 3.05) is 24.2 Å². The third kappa shape index (κ3) is 6.22. The smallest absolute Gasteiger partial charge is 0.152 e. The summed E-state index contributed by atoms with van der Waals surface area (Å²) in [5.41, 5.74) is 11.1. The van der Waals surface area contributed by atoms with E-state index in [9.17, 15) is 0 Å². The van der Waals surface area contributed by atoms with Crippen molar-refractivity contribution in [2.24, 2.45) is 5.92 Å². The predicted molar refractivity (Wildman–Crippen MR) is 146 cm³/mol. The molecule has 0 atom stereocenters. The molecule has 0 radical (unpaired) electrons. The van der Waals surface area contributed by atoms with Crippen LogP contribution in [0.4, 0.5) is 11.5 Å². The number of aromatic nitrogens is 3. The largest absolute Gasteiger partial charge is 0.489 e. The highest BCUT2D eigenvalue weighted by molar-refractivity contribution is 6.06. The number of nitrogens with two attached hydrogens (primary N) is 1. The van der Waals surface area contributed by atoms with Gasteiger partial charge in [0.15, 0.2) is 5.82 Å². The van der Waals surface area contributed by atoms with E-state index in [1.165, 1.54) is 0 Å². The molecule has 0 amide bonds. The molecule has 0 spiro atoms. The first-order chi connectivity index (χ1) is 17.0. The SMILES string of the molecule is CC.CCNc1cccc(COc2ccc3c(c2)nc(N)c2nc(COCC)n(CC(C)C)c23)c1. The molecule has 2 aromatic carbocycles. The van der Waals surface area contributed by atoms with Gasteiger partial charge in [0.05, 0.1) is 11.0 Å². The molecular weight excluding hydrogens is 438 g/mol. The van der Waals surface area contributed by atoms with Gasteiger partial charge in [-0.05, 0) is 49.6 Å². The molecule has 4 rings (SSSR count). The molecule has 4 aromatic rings. The monoisotopic (exact) mass is 477 g/mol. The molecule has 188 valence electrons. The zero-order chi connectivity index (χ0) is 25.4. The molecule has 0 bridgehead atoms. The first kappa shape index (κ1) is 26.3. The Morgan fingerprint density at radius 2 is 1.83 bits per heavy atom. The molecular formula is C28H39N5O2. The molecule has 3 N–H and O–H groups in total. The average molecular weight is 478 g/mol. The second-order valence-electron chi connectivity index (χ2n) is 8.56. The standard InChI is InChI=1S/C26H33N5O2.C2H6/c1-5-28-19-9-7-8-18(12-19)15-33-20-10-11-21-22(13-20)29-26(27)24-25(21)31(14-17(3)4)23(30-24)16-32-6-2;1-2/h7-13,17,28H,5-6,14-16H2,1-4H3,(H2,27,29);1-2H3. The molecule has 0 saturated carbocycles. The zero-order valence-electron chi connectivity index (χ0n) is 21.9. The van der Waals surface area contributed by atoms with Gasteiger partial charge in [0, 0.05) is 36.8 Å². The van der Waals surface area contributed by atoms with Crippen LogP contribution in [0.5, 0.6) is 5.75 Å². The molecule has 0 aliphatic rings. The normalized spacial score (nSPS) is 11.1. The van der Waals surface area contributed by atoms with Crippen LogP contribution in [0.15, 0.2) is 42.5 Å². The van der Waals surface area contributed by atoms with Crippen molar-refractivity contribution in [2.45, 2.75) is 61.3 Å². The van der Waals surface area contributed by atoms with E-state index in [1.54, 1.807) is 0 Å². The number of imidazole rings is 1. The third-order valence-corrected chi connectivity index (χ3v) is 5.45. The molecule has 0 unspecified atom stereocenters. The van der Waals surface area contributed by atoms with E-state index < -0.39 is 0 Å². The summed E-state index contributed by atoms with van der Waals surface area (Å²) >= 11 is 0. The van der Waals surface area contributed by atoms with Gasteiger partial charge in [0.25, 0.3) is 0 Å². The Labute approximate surface area is 208 Å². The van der Waals surface area contributed by atoms with E-state index in [0.29, 0.717) is 31.6 Å². The summed E-state index contributed by atoms with van der Waals surface area (Å²) in [6.45, 7) is 15.7. The average Bonchev–Trinajstić information content (AvgIpc) is 3.21. The second kappa shape index (κ2) is 12.4. The molecule has 35 heavy (non-hydrogen) atoms. The minimum absolute atomic E-state index is 0.424. The number of hydrogen-bond donors (Lipinski definition) is 2. The fraction of sp³-hybridized carbons (Fsp3) is 0.429. The summed E-state index contributed by atoms with van der Waals surface area (Å²) in [5.74, 6) is 2.51. The van der Waals surface area contributed by atoms with Crippen LogP contribution in [0.2, 0.25) is 0 Å². The van der Waals surface area contributed by atoms with Gasteiger partial charge in [-0.3, -0.25) is 0 Å². The van der Waals surface area contributed by atoms with Gasteiger partial charge in [-0.1, -0.05) is 39.8 Å². The maximum Gasteiger partial charge on any atom is 0.152 e. The Morgan fingerprint density at radius 3 is 2.54 bits per heavy atom. The highest BCUT2D eigenvalue weighted by atomic mass is 16.5. The number of nitrogens with zero attached hydrogens (tertiary/aromatic N) is 3. The lowest BCUT2D eigenvalue weighted by Gasteiger charge is -2.14. The van der Waals surface area contributed by atoms with Crippen molar-refractivity contribution in [3.05, 3.63) is 53.9 Å². The highest BCUT2D eigenvalue weighted by Gasteiger charge is 2.18. The summed E-state index contributed by atoms with van der Waals surface area (Å²) in [7, 11) is 0. The molecule has 0 aliphatic heterocycles. The van der Waals surface area contributed by atoms with Crippen LogP contribution in [0.25, 0.3) is 21.9 Å². The number of benzene rings is 2. The molecule has 7 nitrogen and oxygen atoms in total. The van der Waals surface area contributed by atoms with Gasteiger partial charge in [0.2, 0.25) is 0 Å². The fourth-order valence-electron chi connectivity index (χ4n) is 4.03. The van der Waals surface area contributed by atoms with Crippen molar-refractivity contribution >= 4 is 33.4 Å². The minimum atomic E-state index is 0.424. The van der Waals surface area contributed by atoms with Crippen molar-refractivity contribution in [1.82, 2.24) is 14.5 Å². The highest BCUT2D eigenvalue weighted by Crippen LogP contribution is 2.32. The number of anilines is 2. The van der Waals surface area contributed by atoms with E-state index in [2.05, 4.69) is 59.9 Å². The van der Waals surface area contributed by atoms with E-state index in [1.807, 2.05) is 39.0 Å². The van der Waals surface area contributed by atoms with Gasteiger partial charge in [0.1, 0.15) is 30.3 Å². The Balaban J connectivity index is 0.00000167. The second-order valence-corrected chi connectivity index (χ2v) is 8.56. The number of ether oxygens (including phenoxy) is 2. The maximum absolute atomic E-state index is 6.35. The molecule has 2 heterocycles. The number of fused-ring (bicyclic) bond motifs is 3. The van der Waals surface area contributed by atoms with Crippen LogP contribution in [-0.2, 0) is 24.5 Å². The summed E-state index contributed by atoms with van der Waals surface area (Å²) in [5, 5.41) is 4.34. The van der Waals surface area contributed by atoms with Crippen molar-refractivity contribution in [3.8, 4) is 5.75 Å². The van der Waals surface area contributed by atoms with Crippen LogP contribution in [0, 0.1) is 5.92 Å². The van der Waals surface area contributed by atoms with Gasteiger partial charge < -0.3 is 25.1 Å². The predicted octanol–water partition coefficient (Wildman–Crippen LogP) is 6.40. The number of pyridine rings is 1. The first-order valence-electron chi connectivity index (χ1n) is 12.6. The number of rotatable bonds is 10. The van der Waals surface area contributed by atoms with Crippen LogP contribution in [0.1, 0.15) is 52.9 Å². The Morgan fingerprint density at radius 1 is 1.03 bits per heavy atom. The molecule has 0 fully saturated rings. The maximum atomic E-state index is 6.35. The minimum Gasteiger partial charge on any atom is -0.489 e. The van der Waals surface area contributed by atoms with Crippen molar-refractivity contribution < 1.29 is 9.47 Å². The lowest BCUT2D eigenvalue weighted by molar-refractivity contribution is 0.125. The quantitative estimate of drug-likeness (QED) is 0.275. The summed E-state index contributed by atoms with van der Waals surface area (Å²) < 4.78 is 14.0. The van der Waals surface area contributed by atoms with Gasteiger partial charge in [-0.25, -0.2) is 9.97 Å². The van der Waals surface area contributed by atoms with E-state index in [-0.39, 0.29) is 0 Å². The first-order valence-corrected chi connectivity index (χ1v) is 12.6. The lowest BCUT2D eigenvalue weighted by atomic mass is 10.1. The van der Waals surface area contributed by atoms with E-state index in [0.717, 1.165) is 57.9 Å². The third-order valence-electron chi connectivity index (χ3n) is 5.45. The van der Waals surface area contributed by atoms with Gasteiger partial charge >= 0.3 is 0 Å². The number of hydrogen-bond acceptors (Lipinski definition) is 6. The van der Waals surface area contributed by atoms with Crippen LogP contribution in [0.3, 0.4) is 0 Å². The van der Waals surface area contributed by atoms with Crippen LogP contribution < -0.4 is 15.8 Å². The van der Waals surface area contributed by atoms with Crippen molar-refractivity contribution in [1.29, 1.82) is 0 Å². The summed E-state index contributed by atoms with van der Waals surface area (Å²) in [6, 6.07) is 14.3. The summed E-state index contributed by atoms with van der Waals surface area (Å²) in [4.78, 5) is 9.43.